The lowest BCUT2D eigenvalue weighted by Crippen LogP contribution is -2.32. The number of benzene rings is 2. The highest BCUT2D eigenvalue weighted by atomic mass is 32.3. The van der Waals surface area contributed by atoms with E-state index in [4.69, 9.17) is 0 Å². The number of thiol groups is 1. The minimum atomic E-state index is -4.41. The minimum Gasteiger partial charge on any atom is -0.726 e. The van der Waals surface area contributed by atoms with E-state index >= 15 is 0 Å². The number of fused-ring (bicyclic) bond motifs is 1. The van der Waals surface area contributed by atoms with E-state index in [0.717, 1.165) is 19.4 Å². The van der Waals surface area contributed by atoms with Gasteiger partial charge in [0, 0.05) is 48.6 Å². The molecule has 30 heavy (non-hydrogen) atoms. The Balaban J connectivity index is 0.000000469. The van der Waals surface area contributed by atoms with Gasteiger partial charge in [0.05, 0.1) is 7.11 Å². The highest BCUT2D eigenvalue weighted by Gasteiger charge is 2.08. The van der Waals surface area contributed by atoms with E-state index in [1.807, 2.05) is 0 Å². The second kappa shape index (κ2) is 11.1. The second-order valence-corrected chi connectivity index (χ2v) is 8.12. The lowest BCUT2D eigenvalue weighted by Gasteiger charge is -2.17. The van der Waals surface area contributed by atoms with Crippen molar-refractivity contribution in [3.8, 4) is 0 Å². The highest BCUT2D eigenvalue weighted by Crippen LogP contribution is 2.16. The van der Waals surface area contributed by atoms with Gasteiger partial charge in [0.15, 0.2) is 0 Å². The van der Waals surface area contributed by atoms with Crippen molar-refractivity contribution in [3.63, 3.8) is 0 Å². The van der Waals surface area contributed by atoms with Crippen molar-refractivity contribution in [1.82, 2.24) is 0 Å². The summed E-state index contributed by atoms with van der Waals surface area (Å²) in [5.74, 6) is 0.858. The van der Waals surface area contributed by atoms with Crippen LogP contribution in [0.25, 0.3) is 23.1 Å². The van der Waals surface area contributed by atoms with E-state index in [9.17, 15) is 13.0 Å². The molecule has 2 aromatic carbocycles. The molecule has 0 aliphatic carbocycles. The predicted molar refractivity (Wildman–Crippen MR) is 124 cm³/mol. The van der Waals surface area contributed by atoms with Crippen LogP contribution in [0.15, 0.2) is 60.7 Å². The summed E-state index contributed by atoms with van der Waals surface area (Å²) in [4.78, 5) is 2.21. The second-order valence-electron chi connectivity index (χ2n) is 6.52. The number of hydrogen-bond acceptors (Lipinski definition) is 6. The summed E-state index contributed by atoms with van der Waals surface area (Å²) < 4.78 is 33.2. The summed E-state index contributed by atoms with van der Waals surface area (Å²) in [5.41, 5.74) is 4.84. The van der Waals surface area contributed by atoms with Crippen molar-refractivity contribution in [3.05, 3.63) is 71.9 Å². The van der Waals surface area contributed by atoms with Crippen molar-refractivity contribution < 1.29 is 21.7 Å². The first-order valence-corrected chi connectivity index (χ1v) is 11.2. The zero-order chi connectivity index (χ0) is 22.1. The van der Waals surface area contributed by atoms with Crippen LogP contribution < -0.4 is 9.47 Å². The SMILES string of the molecule is CN(CCS)c1ccc(/C=C/c2ccc3ccccc3[n+]2C)cc1.COS(=O)(=O)[O-]. The molecule has 160 valence electrons. The zero-order valence-corrected chi connectivity index (χ0v) is 18.9. The third kappa shape index (κ3) is 7.14. The van der Waals surface area contributed by atoms with Gasteiger partial charge in [0.1, 0.15) is 7.05 Å². The monoisotopic (exact) mass is 446 g/mol. The Labute approximate surface area is 183 Å². The minimum absolute atomic E-state index is 0.808. The number of para-hydroxylation sites is 1. The average molecular weight is 447 g/mol. The van der Waals surface area contributed by atoms with Crippen LogP contribution in [0.2, 0.25) is 0 Å². The van der Waals surface area contributed by atoms with Gasteiger partial charge in [0.25, 0.3) is 0 Å². The van der Waals surface area contributed by atoms with Crippen LogP contribution in [-0.2, 0) is 21.6 Å². The van der Waals surface area contributed by atoms with Crippen LogP contribution in [0.4, 0.5) is 5.69 Å². The van der Waals surface area contributed by atoms with Gasteiger partial charge in [-0.3, -0.25) is 4.18 Å². The number of aryl methyl sites for hydroxylation is 1. The van der Waals surface area contributed by atoms with Crippen LogP contribution in [0.3, 0.4) is 0 Å². The Hall–Kier alpha value is -2.39. The molecular formula is C22H26N2O4S2. The fraction of sp³-hybridized carbons (Fsp3) is 0.227. The van der Waals surface area contributed by atoms with Gasteiger partial charge in [-0.1, -0.05) is 24.3 Å². The molecule has 8 heteroatoms. The molecule has 0 fully saturated rings. The molecule has 0 amide bonds. The Kier molecular flexibility index (Phi) is 8.86. The Morgan fingerprint density at radius 1 is 1.07 bits per heavy atom. The number of rotatable bonds is 6. The fourth-order valence-electron chi connectivity index (χ4n) is 2.83. The molecule has 0 bridgehead atoms. The van der Waals surface area contributed by atoms with Gasteiger partial charge < -0.3 is 9.45 Å². The smallest absolute Gasteiger partial charge is 0.217 e. The summed E-state index contributed by atoms with van der Waals surface area (Å²) in [5, 5.41) is 1.26. The molecular weight excluding hydrogens is 420 g/mol. The molecule has 1 aromatic heterocycles. The third-order valence-electron chi connectivity index (χ3n) is 4.54. The topological polar surface area (TPSA) is 73.5 Å². The van der Waals surface area contributed by atoms with Crippen molar-refractivity contribution in [2.24, 2.45) is 7.05 Å². The number of nitrogens with zero attached hydrogens (tertiary/aromatic N) is 2. The molecule has 1 heterocycles. The van der Waals surface area contributed by atoms with Gasteiger partial charge >= 0.3 is 0 Å². The van der Waals surface area contributed by atoms with Crippen molar-refractivity contribution in [2.75, 3.05) is 31.4 Å². The van der Waals surface area contributed by atoms with E-state index in [2.05, 4.69) is 113 Å². The first kappa shape index (κ1) is 23.9. The van der Waals surface area contributed by atoms with Gasteiger partial charge in [0.2, 0.25) is 21.6 Å². The molecule has 0 spiro atoms. The molecule has 3 rings (SSSR count). The largest absolute Gasteiger partial charge is 0.726 e. The molecule has 0 atom stereocenters. The van der Waals surface area contributed by atoms with Gasteiger partial charge in [-0.25, -0.2) is 8.42 Å². The van der Waals surface area contributed by atoms with Crippen molar-refractivity contribution in [2.45, 2.75) is 0 Å². The van der Waals surface area contributed by atoms with Crippen LogP contribution in [0.1, 0.15) is 11.3 Å². The third-order valence-corrected chi connectivity index (χ3v) is 5.15. The summed E-state index contributed by atoms with van der Waals surface area (Å²) in [6.07, 6.45) is 4.32. The Morgan fingerprint density at radius 3 is 2.30 bits per heavy atom. The van der Waals surface area contributed by atoms with Gasteiger partial charge in [-0.05, 0) is 35.9 Å². The highest BCUT2D eigenvalue weighted by molar-refractivity contribution is 7.80. The number of aromatic nitrogens is 1. The lowest BCUT2D eigenvalue weighted by atomic mass is 10.1. The van der Waals surface area contributed by atoms with Crippen LogP contribution in [0, 0.1) is 0 Å². The molecule has 6 nitrogen and oxygen atoms in total. The van der Waals surface area contributed by atoms with E-state index in [0.29, 0.717) is 0 Å². The molecule has 0 N–H and O–H groups in total. The van der Waals surface area contributed by atoms with E-state index in [1.165, 1.54) is 27.8 Å². The normalized spacial score (nSPS) is 11.4. The molecule has 0 radical (unpaired) electrons. The van der Waals surface area contributed by atoms with Crippen molar-refractivity contribution >= 4 is 51.8 Å². The Bertz CT molecular complexity index is 1100. The number of pyridine rings is 1. The summed E-state index contributed by atoms with van der Waals surface area (Å²) in [7, 11) is 0.598. The molecule has 0 saturated carbocycles. The summed E-state index contributed by atoms with van der Waals surface area (Å²) in [6, 6.07) is 21.4. The molecule has 0 aliphatic rings. The van der Waals surface area contributed by atoms with Crippen molar-refractivity contribution in [1.29, 1.82) is 0 Å². The summed E-state index contributed by atoms with van der Waals surface area (Å²) in [6.45, 7) is 0.950. The first-order chi connectivity index (χ1) is 14.2. The molecule has 0 saturated heterocycles. The van der Waals surface area contributed by atoms with E-state index in [-0.39, 0.29) is 0 Å². The maximum atomic E-state index is 9.22. The standard InChI is InChI=1S/C21H22N2S.CH4O4S/c1-22(15-16-24)19-11-7-17(8-12-19)9-13-20-14-10-18-5-3-4-6-21(18)23(20)2;1-5-6(2,3)4/h3-14H,15-16H2,1-2H3;1H3,(H,2,3,4). The molecule has 0 aliphatic heterocycles. The molecule has 0 unspecified atom stereocenters. The quantitative estimate of drug-likeness (QED) is 0.272. The maximum Gasteiger partial charge on any atom is 0.217 e. The van der Waals surface area contributed by atoms with Crippen LogP contribution in [0.5, 0.6) is 0 Å². The average Bonchev–Trinajstić information content (AvgIpc) is 2.74. The zero-order valence-electron chi connectivity index (χ0n) is 17.2. The van der Waals surface area contributed by atoms with E-state index < -0.39 is 10.4 Å². The lowest BCUT2D eigenvalue weighted by molar-refractivity contribution is -0.646. The van der Waals surface area contributed by atoms with Gasteiger partial charge in [-0.2, -0.15) is 17.2 Å². The van der Waals surface area contributed by atoms with E-state index in [1.54, 1.807) is 0 Å². The predicted octanol–water partition coefficient (Wildman–Crippen LogP) is 3.29. The number of hydrogen-bond donors (Lipinski definition) is 1. The first-order valence-electron chi connectivity index (χ1n) is 9.24. The Morgan fingerprint density at radius 2 is 1.70 bits per heavy atom. The van der Waals surface area contributed by atoms with Crippen LogP contribution in [-0.4, -0.2) is 39.4 Å². The maximum absolute atomic E-state index is 9.22. The fourth-order valence-corrected chi connectivity index (χ4v) is 3.13. The molecule has 3 aromatic rings. The van der Waals surface area contributed by atoms with Crippen LogP contribution >= 0.6 is 12.6 Å². The van der Waals surface area contributed by atoms with Gasteiger partial charge in [-0.15, -0.1) is 0 Å². The number of anilines is 1. The summed E-state index contributed by atoms with van der Waals surface area (Å²) >= 11 is 4.28.